The van der Waals surface area contributed by atoms with Crippen LogP contribution < -0.4 is 0 Å². The summed E-state index contributed by atoms with van der Waals surface area (Å²) in [6.07, 6.45) is 5.25. The molecule has 6 heteroatoms. The van der Waals surface area contributed by atoms with Gasteiger partial charge in [-0.25, -0.2) is 4.98 Å². The molecule has 6 nitrogen and oxygen atoms in total. The average molecular weight is 327 g/mol. The first-order valence-electron chi connectivity index (χ1n) is 8.63. The number of hydrogen-bond donors (Lipinski definition) is 1. The van der Waals surface area contributed by atoms with Crippen LogP contribution in [0.3, 0.4) is 0 Å². The Kier molecular flexibility index (Phi) is 5.25. The summed E-state index contributed by atoms with van der Waals surface area (Å²) in [7, 11) is 0. The molecule has 0 radical (unpaired) electrons. The Morgan fingerprint density at radius 1 is 1.21 bits per heavy atom. The Balaban J connectivity index is 1.60. The molecule has 128 valence electrons. The highest BCUT2D eigenvalue weighted by Gasteiger charge is 2.21. The fourth-order valence-corrected chi connectivity index (χ4v) is 3.11. The van der Waals surface area contributed by atoms with Crippen LogP contribution in [-0.2, 0) is 13.0 Å². The molecule has 3 heterocycles. The van der Waals surface area contributed by atoms with Crippen LogP contribution in [0.1, 0.15) is 40.9 Å². The highest BCUT2D eigenvalue weighted by Crippen LogP contribution is 2.13. The molecule has 0 bridgehead atoms. The van der Waals surface area contributed by atoms with Crippen molar-refractivity contribution in [2.24, 2.45) is 0 Å². The van der Waals surface area contributed by atoms with E-state index in [1.54, 1.807) is 24.5 Å². The summed E-state index contributed by atoms with van der Waals surface area (Å²) in [6, 6.07) is 3.56. The van der Waals surface area contributed by atoms with Gasteiger partial charge in [-0.05, 0) is 25.5 Å². The van der Waals surface area contributed by atoms with Gasteiger partial charge in [0.15, 0.2) is 0 Å². The van der Waals surface area contributed by atoms with E-state index in [0.717, 1.165) is 62.8 Å². The summed E-state index contributed by atoms with van der Waals surface area (Å²) in [5, 5.41) is 0. The van der Waals surface area contributed by atoms with E-state index in [9.17, 15) is 4.79 Å². The number of aromatic amines is 1. The Morgan fingerprint density at radius 2 is 2.00 bits per heavy atom. The maximum absolute atomic E-state index is 12.6. The molecule has 1 fully saturated rings. The van der Waals surface area contributed by atoms with Crippen molar-refractivity contribution < 1.29 is 4.79 Å². The predicted octanol–water partition coefficient (Wildman–Crippen LogP) is 2.02. The fourth-order valence-electron chi connectivity index (χ4n) is 3.11. The number of aryl methyl sites for hydroxylation is 2. The molecule has 1 aliphatic rings. The number of carbonyl (C=O) groups excluding carboxylic acids is 1. The number of hydrogen-bond acceptors (Lipinski definition) is 4. The van der Waals surface area contributed by atoms with Crippen molar-refractivity contribution >= 4 is 5.91 Å². The maximum atomic E-state index is 12.6. The number of rotatable bonds is 4. The van der Waals surface area contributed by atoms with Crippen molar-refractivity contribution in [3.05, 3.63) is 47.3 Å². The highest BCUT2D eigenvalue weighted by molar-refractivity contribution is 5.94. The minimum atomic E-state index is 0.100. The molecule has 3 rings (SSSR count). The van der Waals surface area contributed by atoms with Gasteiger partial charge in [0, 0.05) is 62.8 Å². The van der Waals surface area contributed by atoms with Gasteiger partial charge in [-0.3, -0.25) is 14.7 Å². The average Bonchev–Trinajstić information content (AvgIpc) is 2.82. The first-order valence-corrected chi connectivity index (χ1v) is 8.63. The number of imidazole rings is 1. The van der Waals surface area contributed by atoms with Crippen LogP contribution in [0.15, 0.2) is 24.5 Å². The maximum Gasteiger partial charge on any atom is 0.254 e. The number of nitrogens with zero attached hydrogens (tertiary/aromatic N) is 4. The van der Waals surface area contributed by atoms with Crippen LogP contribution in [0.5, 0.6) is 0 Å². The Bertz CT molecular complexity index is 682. The third kappa shape index (κ3) is 3.82. The van der Waals surface area contributed by atoms with Crippen molar-refractivity contribution in [3.8, 4) is 0 Å². The van der Waals surface area contributed by atoms with Gasteiger partial charge in [0.1, 0.15) is 5.82 Å². The van der Waals surface area contributed by atoms with Gasteiger partial charge in [0.25, 0.3) is 5.91 Å². The van der Waals surface area contributed by atoms with E-state index in [0.29, 0.717) is 5.56 Å². The zero-order valence-electron chi connectivity index (χ0n) is 14.5. The quantitative estimate of drug-likeness (QED) is 0.933. The van der Waals surface area contributed by atoms with E-state index in [1.165, 1.54) is 0 Å². The molecule has 24 heavy (non-hydrogen) atoms. The smallest absolute Gasteiger partial charge is 0.254 e. The van der Waals surface area contributed by atoms with Gasteiger partial charge in [-0.1, -0.05) is 6.92 Å². The molecule has 0 unspecified atom stereocenters. The lowest BCUT2D eigenvalue weighted by molar-refractivity contribution is 0.0761. The molecular weight excluding hydrogens is 302 g/mol. The van der Waals surface area contributed by atoms with Crippen molar-refractivity contribution in [1.29, 1.82) is 0 Å². The predicted molar refractivity (Wildman–Crippen MR) is 92.7 cm³/mol. The highest BCUT2D eigenvalue weighted by atomic mass is 16.2. The molecule has 2 aromatic heterocycles. The van der Waals surface area contributed by atoms with E-state index in [1.807, 2.05) is 4.90 Å². The normalized spacial score (nSPS) is 16.2. The monoisotopic (exact) mass is 327 g/mol. The van der Waals surface area contributed by atoms with Crippen LogP contribution in [-0.4, -0.2) is 56.8 Å². The van der Waals surface area contributed by atoms with Gasteiger partial charge in [-0.2, -0.15) is 0 Å². The summed E-state index contributed by atoms with van der Waals surface area (Å²) >= 11 is 0. The number of nitrogens with one attached hydrogen (secondary N) is 1. The molecule has 2 aromatic rings. The zero-order chi connectivity index (χ0) is 16.9. The van der Waals surface area contributed by atoms with Crippen molar-refractivity contribution in [1.82, 2.24) is 24.8 Å². The van der Waals surface area contributed by atoms with Gasteiger partial charge in [-0.15, -0.1) is 0 Å². The molecule has 0 aromatic carbocycles. The minimum Gasteiger partial charge on any atom is -0.346 e. The number of carbonyl (C=O) groups is 1. The van der Waals surface area contributed by atoms with Gasteiger partial charge in [0.2, 0.25) is 0 Å². The lowest BCUT2D eigenvalue weighted by atomic mass is 10.2. The summed E-state index contributed by atoms with van der Waals surface area (Å²) < 4.78 is 0. The summed E-state index contributed by atoms with van der Waals surface area (Å²) in [5.41, 5.74) is 3.00. The van der Waals surface area contributed by atoms with Crippen LogP contribution in [0.25, 0.3) is 0 Å². The van der Waals surface area contributed by atoms with Gasteiger partial charge >= 0.3 is 0 Å². The van der Waals surface area contributed by atoms with E-state index in [4.69, 9.17) is 0 Å². The summed E-state index contributed by atoms with van der Waals surface area (Å²) in [5.74, 6) is 1.15. The van der Waals surface area contributed by atoms with Crippen molar-refractivity contribution in [3.63, 3.8) is 0 Å². The molecular formula is C18H25N5O. The van der Waals surface area contributed by atoms with Crippen molar-refractivity contribution in [2.75, 3.05) is 26.2 Å². The topological polar surface area (TPSA) is 65.1 Å². The Morgan fingerprint density at radius 3 is 2.71 bits per heavy atom. The molecule has 1 N–H and O–H groups in total. The van der Waals surface area contributed by atoms with Crippen LogP contribution in [0, 0.1) is 6.92 Å². The van der Waals surface area contributed by atoms with E-state index in [2.05, 4.69) is 33.7 Å². The molecule has 1 aliphatic heterocycles. The third-order valence-electron chi connectivity index (χ3n) is 4.55. The molecule has 1 saturated heterocycles. The van der Waals surface area contributed by atoms with E-state index in [-0.39, 0.29) is 5.91 Å². The van der Waals surface area contributed by atoms with Crippen LogP contribution in [0.2, 0.25) is 0 Å². The number of aromatic nitrogens is 3. The lowest BCUT2D eigenvalue weighted by Crippen LogP contribution is -2.35. The first-order chi connectivity index (χ1) is 11.7. The zero-order valence-corrected chi connectivity index (χ0v) is 14.5. The standard InChI is InChI=1S/C18H25N5O/c1-3-17-20-14(2)16(21-17)13-22-9-4-10-23(12-11-22)18(24)15-5-7-19-8-6-15/h5-8H,3-4,9-13H2,1-2H3,(H,20,21). The van der Waals surface area contributed by atoms with Crippen molar-refractivity contribution in [2.45, 2.75) is 33.2 Å². The Hall–Kier alpha value is -2.21. The van der Waals surface area contributed by atoms with Gasteiger partial charge in [0.05, 0.1) is 5.69 Å². The number of amides is 1. The lowest BCUT2D eigenvalue weighted by Gasteiger charge is -2.21. The second-order valence-electron chi connectivity index (χ2n) is 6.27. The van der Waals surface area contributed by atoms with E-state index >= 15 is 0 Å². The first kappa shape index (κ1) is 16.6. The molecule has 0 saturated carbocycles. The summed E-state index contributed by atoms with van der Waals surface area (Å²) in [6.45, 7) is 8.47. The van der Waals surface area contributed by atoms with Crippen LogP contribution >= 0.6 is 0 Å². The molecule has 0 aliphatic carbocycles. The molecule has 0 atom stereocenters. The number of pyridine rings is 1. The SMILES string of the molecule is CCc1nc(CN2CCCN(C(=O)c3ccncc3)CC2)c(C)[nH]1. The third-order valence-corrected chi connectivity index (χ3v) is 4.55. The van der Waals surface area contributed by atoms with Crippen LogP contribution in [0.4, 0.5) is 0 Å². The van der Waals surface area contributed by atoms with E-state index < -0.39 is 0 Å². The largest absolute Gasteiger partial charge is 0.346 e. The Labute approximate surface area is 142 Å². The minimum absolute atomic E-state index is 0.100. The fraction of sp³-hybridized carbons (Fsp3) is 0.500. The van der Waals surface area contributed by atoms with Gasteiger partial charge < -0.3 is 9.88 Å². The number of H-pyrrole nitrogens is 1. The molecule has 1 amide bonds. The molecule has 0 spiro atoms. The second-order valence-corrected chi connectivity index (χ2v) is 6.27. The second kappa shape index (κ2) is 7.57. The summed E-state index contributed by atoms with van der Waals surface area (Å²) in [4.78, 5) is 28.9.